The van der Waals surface area contributed by atoms with Crippen molar-refractivity contribution in [1.82, 2.24) is 0 Å². The Hall–Kier alpha value is -1.73. The van der Waals surface area contributed by atoms with Gasteiger partial charge >= 0.3 is 44.9 Å². The average Bonchev–Trinajstić information content (AvgIpc) is 3.19. The van der Waals surface area contributed by atoms with Crippen LogP contribution in [0.25, 0.3) is 5.73 Å². The summed E-state index contributed by atoms with van der Waals surface area (Å²) < 4.78 is 0. The van der Waals surface area contributed by atoms with Gasteiger partial charge in [0.25, 0.3) is 0 Å². The molecule has 2 unspecified atom stereocenters. The predicted molar refractivity (Wildman–Crippen MR) is 93.7 cm³/mol. The molecule has 10 heteroatoms. The monoisotopic (exact) mass is 578 g/mol. The summed E-state index contributed by atoms with van der Waals surface area (Å²) in [7, 11) is 0. The molecule has 2 bridgehead atoms. The number of carboxylic acid groups (broad SMARTS) is 4. The van der Waals surface area contributed by atoms with Crippen LogP contribution >= 0.6 is 0 Å². The van der Waals surface area contributed by atoms with Gasteiger partial charge in [0.15, 0.2) is 0 Å². The molecule has 3 rings (SSSR count). The number of hydrogen-bond acceptors (Lipinski definition) is 4. The van der Waals surface area contributed by atoms with Gasteiger partial charge in [-0.05, 0) is 18.3 Å². The molecular weight excluding hydrogens is 553 g/mol. The van der Waals surface area contributed by atoms with Crippen LogP contribution in [-0.4, -0.2) is 50.3 Å². The van der Waals surface area contributed by atoms with Gasteiger partial charge in [0.2, 0.25) is 0 Å². The number of rotatable bonds is 2. The molecule has 0 aliphatic heterocycles. The zero-order valence-corrected chi connectivity index (χ0v) is 17.4. The molecule has 0 aromatic heterocycles. The maximum Gasteiger partial charge on any atom is 2.00 e. The Labute approximate surface area is 177 Å². The second-order valence-electron chi connectivity index (χ2n) is 6.94. The van der Waals surface area contributed by atoms with Crippen molar-refractivity contribution in [2.45, 2.75) is 38.1 Å². The number of hydrogen-bond donors (Lipinski definition) is 4. The summed E-state index contributed by atoms with van der Waals surface area (Å²) in [6.45, 7) is 3.89. The summed E-state index contributed by atoms with van der Waals surface area (Å²) >= 11 is 0. The zero-order valence-electron chi connectivity index (χ0n) is 15.1. The van der Waals surface area contributed by atoms with Gasteiger partial charge in [0.1, 0.15) is 0 Å². The van der Waals surface area contributed by atoms with Crippen LogP contribution in [0.4, 0.5) is 0 Å². The molecule has 3 aliphatic carbocycles. The van der Waals surface area contributed by atoms with E-state index in [4.69, 9.17) is 35.7 Å². The standard InChI is InChI=1S/C9H10O4.C7H13N.C2H2O4.Pt/c10-8(11)6-4-1-2-5(3-4)7(6)9(12)13;1-6-4-2-3-5-7(6)8;3-1(4)2(5)6;/h1-2,4-7H,3H2,(H,10,11)(H,12,13);6-8H,1-5H2;(H,3,4)(H,5,6);/q;-2;;+2/t4-,5-,6-,7-;;;/m1.../s1. The Kier molecular flexibility index (Phi) is 11.2. The molecule has 0 aromatic carbocycles. The Morgan fingerprint density at radius 2 is 1.21 bits per heavy atom. The van der Waals surface area contributed by atoms with E-state index in [1.165, 1.54) is 19.3 Å². The quantitative estimate of drug-likeness (QED) is 0.219. The van der Waals surface area contributed by atoms with Crippen LogP contribution < -0.4 is 0 Å². The third-order valence-electron chi connectivity index (χ3n) is 5.12. The fourth-order valence-corrected chi connectivity index (χ4v) is 3.70. The third kappa shape index (κ3) is 7.35. The zero-order chi connectivity index (χ0) is 20.7. The molecule has 2 fully saturated rings. The van der Waals surface area contributed by atoms with Crippen molar-refractivity contribution in [2.24, 2.45) is 29.6 Å². The maximum atomic E-state index is 10.8. The molecule has 28 heavy (non-hydrogen) atoms. The molecule has 2 saturated carbocycles. The minimum absolute atomic E-state index is 0. The van der Waals surface area contributed by atoms with E-state index < -0.39 is 35.7 Å². The summed E-state index contributed by atoms with van der Waals surface area (Å²) in [6, 6.07) is 0.142. The van der Waals surface area contributed by atoms with Crippen molar-refractivity contribution in [3.8, 4) is 0 Å². The van der Waals surface area contributed by atoms with Crippen LogP contribution in [0.5, 0.6) is 0 Å². The van der Waals surface area contributed by atoms with Crippen molar-refractivity contribution in [3.05, 3.63) is 24.8 Å². The van der Waals surface area contributed by atoms with Gasteiger partial charge in [0.05, 0.1) is 11.8 Å². The molecule has 5 N–H and O–H groups in total. The minimum atomic E-state index is -1.82. The van der Waals surface area contributed by atoms with E-state index in [-0.39, 0.29) is 38.9 Å². The molecule has 0 amide bonds. The summed E-state index contributed by atoms with van der Waals surface area (Å²) in [6.07, 6.45) is 9.16. The van der Waals surface area contributed by atoms with Crippen LogP contribution in [0, 0.1) is 36.5 Å². The van der Waals surface area contributed by atoms with E-state index in [1.54, 1.807) is 0 Å². The van der Waals surface area contributed by atoms with Crippen molar-refractivity contribution >= 4 is 23.9 Å². The molecule has 6 atom stereocenters. The summed E-state index contributed by atoms with van der Waals surface area (Å²) in [5.74, 6) is -6.76. The van der Waals surface area contributed by atoms with Crippen LogP contribution in [0.3, 0.4) is 0 Å². The first kappa shape index (κ1) is 26.3. The first-order valence-corrected chi connectivity index (χ1v) is 8.70. The second-order valence-corrected chi connectivity index (χ2v) is 6.94. The van der Waals surface area contributed by atoms with E-state index >= 15 is 0 Å². The van der Waals surface area contributed by atoms with Gasteiger partial charge < -0.3 is 33.1 Å². The maximum absolute atomic E-state index is 10.8. The smallest absolute Gasteiger partial charge is 0.677 e. The topological polar surface area (TPSA) is 173 Å². The largest absolute Gasteiger partial charge is 2.00 e. The average molecular weight is 578 g/mol. The third-order valence-corrected chi connectivity index (χ3v) is 5.12. The number of nitrogens with one attached hydrogen (secondary N) is 1. The predicted octanol–water partition coefficient (Wildman–Crippen LogP) is 2.18. The van der Waals surface area contributed by atoms with Crippen LogP contribution in [0.2, 0.25) is 0 Å². The van der Waals surface area contributed by atoms with Crippen molar-refractivity contribution in [2.75, 3.05) is 0 Å². The Morgan fingerprint density at radius 1 is 0.821 bits per heavy atom. The van der Waals surface area contributed by atoms with E-state index in [0.29, 0.717) is 12.3 Å². The molecule has 0 radical (unpaired) electrons. The van der Waals surface area contributed by atoms with Gasteiger partial charge in [0, 0.05) is 0 Å². The number of carbonyl (C=O) groups is 4. The summed E-state index contributed by atoms with van der Waals surface area (Å²) in [5, 5.41) is 32.5. The fourth-order valence-electron chi connectivity index (χ4n) is 3.70. The van der Waals surface area contributed by atoms with E-state index in [2.05, 4.69) is 6.92 Å². The Balaban J connectivity index is 0.000000421. The molecule has 0 spiro atoms. The molecule has 0 aromatic rings. The van der Waals surface area contributed by atoms with Crippen LogP contribution in [0.15, 0.2) is 12.2 Å². The van der Waals surface area contributed by atoms with Crippen molar-refractivity contribution in [3.63, 3.8) is 0 Å². The van der Waals surface area contributed by atoms with Gasteiger partial charge in [-0.3, -0.25) is 9.59 Å². The molecule has 0 heterocycles. The van der Waals surface area contributed by atoms with Crippen molar-refractivity contribution in [1.29, 1.82) is 0 Å². The molecule has 9 nitrogen and oxygen atoms in total. The number of fused-ring (bicyclic) bond motifs is 2. The first-order valence-electron chi connectivity index (χ1n) is 8.70. The SMILES string of the molecule is O=C(O)C(=O)O.O=C(O)[C@H]1[C@H](C(=O)O)[C@@H]2C=C[C@@H]1C2.[CH2-]C1CCCCC1[NH-].[Pt+2]. The van der Waals surface area contributed by atoms with Gasteiger partial charge in [-0.25, -0.2) is 9.59 Å². The summed E-state index contributed by atoms with van der Waals surface area (Å²) in [4.78, 5) is 39.8. The number of carboxylic acids is 4. The van der Waals surface area contributed by atoms with Crippen LogP contribution in [-0.2, 0) is 40.2 Å². The molecule has 3 aliphatic rings. The van der Waals surface area contributed by atoms with Crippen LogP contribution in [0.1, 0.15) is 32.1 Å². The second kappa shape index (κ2) is 12.0. The number of allylic oxidation sites excluding steroid dienone is 2. The van der Waals surface area contributed by atoms with Crippen molar-refractivity contribution < 1.29 is 60.7 Å². The first-order chi connectivity index (χ1) is 12.6. The summed E-state index contributed by atoms with van der Waals surface area (Å²) in [5.41, 5.74) is 7.42. The van der Waals surface area contributed by atoms with E-state index in [0.717, 1.165) is 6.42 Å². The Morgan fingerprint density at radius 3 is 1.46 bits per heavy atom. The van der Waals surface area contributed by atoms with E-state index in [9.17, 15) is 9.59 Å². The minimum Gasteiger partial charge on any atom is -0.677 e. The van der Waals surface area contributed by atoms with Gasteiger partial charge in [-0.1, -0.05) is 37.8 Å². The normalized spacial score (nSPS) is 31.9. The van der Waals surface area contributed by atoms with Gasteiger partial charge in [-0.2, -0.15) is 12.0 Å². The number of aliphatic carboxylic acids is 4. The molecule has 160 valence electrons. The van der Waals surface area contributed by atoms with Gasteiger partial charge in [-0.15, -0.1) is 0 Å². The Bertz CT molecular complexity index is 558. The fraction of sp³-hybridized carbons (Fsp3) is 0.611. The molecular formula is C18H25NO8Pt. The molecule has 0 saturated heterocycles. The van der Waals surface area contributed by atoms with E-state index in [1.807, 2.05) is 12.2 Å².